The number of nitrogens with one attached hydrogen (secondary N) is 2. The van der Waals surface area contributed by atoms with Gasteiger partial charge in [-0.1, -0.05) is 24.3 Å². The van der Waals surface area contributed by atoms with Crippen molar-refractivity contribution < 1.29 is 24.6 Å². The molecule has 2 aliphatic rings. The minimum Gasteiger partial charge on any atom is -0.493 e. The third kappa shape index (κ3) is 3.25. The van der Waals surface area contributed by atoms with Crippen molar-refractivity contribution in [1.29, 1.82) is 0 Å². The second-order valence-electron chi connectivity index (χ2n) is 7.29. The summed E-state index contributed by atoms with van der Waals surface area (Å²) in [5.74, 6) is -2.04. The third-order valence-electron chi connectivity index (χ3n) is 5.25. The van der Waals surface area contributed by atoms with E-state index >= 15 is 0 Å². The number of allylic oxidation sites excluding steroid dienone is 1. The maximum atomic E-state index is 12.9. The van der Waals surface area contributed by atoms with Crippen molar-refractivity contribution in [3.05, 3.63) is 70.7 Å². The van der Waals surface area contributed by atoms with Gasteiger partial charge in [0.15, 0.2) is 0 Å². The molecule has 0 saturated carbocycles. The predicted molar refractivity (Wildman–Crippen MR) is 111 cm³/mol. The van der Waals surface area contributed by atoms with Crippen LogP contribution in [0.5, 0.6) is 5.88 Å². The number of rotatable bonds is 4. The number of hydrogen-bond donors (Lipinski definition) is 4. The van der Waals surface area contributed by atoms with Crippen molar-refractivity contribution >= 4 is 29.4 Å². The molecule has 1 atom stereocenters. The summed E-state index contributed by atoms with van der Waals surface area (Å²) >= 11 is 0. The molecule has 2 amide bonds. The third-order valence-corrected chi connectivity index (χ3v) is 5.25. The van der Waals surface area contributed by atoms with E-state index < -0.39 is 17.9 Å². The molecule has 1 aliphatic heterocycles. The van der Waals surface area contributed by atoms with Gasteiger partial charge in [-0.25, -0.2) is 19.2 Å². The molecule has 11 nitrogen and oxygen atoms in total. The Morgan fingerprint density at radius 3 is 2.84 bits per heavy atom. The Hall–Kier alpha value is -4.54. The first-order chi connectivity index (χ1) is 15.4. The molecule has 1 unspecified atom stereocenters. The molecule has 1 aliphatic carbocycles. The molecular weight excluding hydrogens is 416 g/mol. The Bertz CT molecular complexity index is 1370. The van der Waals surface area contributed by atoms with E-state index in [1.165, 1.54) is 0 Å². The van der Waals surface area contributed by atoms with Gasteiger partial charge in [-0.15, -0.1) is 0 Å². The average molecular weight is 432 g/mol. The Morgan fingerprint density at radius 1 is 1.25 bits per heavy atom. The number of carboxylic acids is 1. The zero-order valence-electron chi connectivity index (χ0n) is 16.4. The highest BCUT2D eigenvalue weighted by Crippen LogP contribution is 2.27. The molecule has 0 radical (unpaired) electrons. The molecule has 1 aromatic carbocycles. The second-order valence-corrected chi connectivity index (χ2v) is 7.29. The number of aromatic nitrogens is 3. The molecule has 160 valence electrons. The highest BCUT2D eigenvalue weighted by Gasteiger charge is 2.24. The van der Waals surface area contributed by atoms with E-state index in [1.54, 1.807) is 0 Å². The summed E-state index contributed by atoms with van der Waals surface area (Å²) in [5.41, 5.74) is 2.14. The number of nitrogens with zero attached hydrogens (tertiary/aromatic N) is 4. The molecule has 32 heavy (non-hydrogen) atoms. The van der Waals surface area contributed by atoms with Gasteiger partial charge in [0.05, 0.1) is 12.2 Å². The van der Waals surface area contributed by atoms with Crippen molar-refractivity contribution in [3.63, 3.8) is 0 Å². The maximum Gasteiger partial charge on any atom is 0.353 e. The van der Waals surface area contributed by atoms with E-state index in [9.17, 15) is 24.6 Å². The van der Waals surface area contributed by atoms with E-state index in [0.29, 0.717) is 12.3 Å². The summed E-state index contributed by atoms with van der Waals surface area (Å²) < 4.78 is 0.945. The number of carboxylic acid groups (broad SMARTS) is 1. The van der Waals surface area contributed by atoms with Crippen molar-refractivity contribution in [2.24, 2.45) is 4.99 Å². The molecule has 3 heterocycles. The van der Waals surface area contributed by atoms with Crippen LogP contribution in [0.1, 0.15) is 43.7 Å². The average Bonchev–Trinajstić information content (AvgIpc) is 3.38. The predicted octanol–water partition coefficient (Wildman–Crippen LogP) is 0.593. The lowest BCUT2D eigenvalue weighted by molar-refractivity contribution is -0.117. The molecule has 0 spiro atoms. The standard InChI is InChI=1S/C21H16N6O5/c28-16-8-22-18(26-16)11-4-5-12-10(6-11)2-1-3-13(12)24-19(30)14-7-15(20(31)32)27-17(29)9-23-21(27)25-14/h1,3-7,9,13,29H,2,8H2,(H,24,30)(H,31,32)(H,22,26,28). The first-order valence-electron chi connectivity index (χ1n) is 9.66. The zero-order chi connectivity index (χ0) is 22.4. The minimum absolute atomic E-state index is 0.101. The highest BCUT2D eigenvalue weighted by molar-refractivity contribution is 6.12. The van der Waals surface area contributed by atoms with E-state index in [1.807, 2.05) is 30.4 Å². The fourth-order valence-corrected chi connectivity index (χ4v) is 3.79. The Morgan fingerprint density at radius 2 is 2.09 bits per heavy atom. The monoisotopic (exact) mass is 432 g/mol. The number of aromatic carboxylic acids is 1. The van der Waals surface area contributed by atoms with Crippen LogP contribution < -0.4 is 10.6 Å². The topological polar surface area (TPSA) is 158 Å². The lowest BCUT2D eigenvalue weighted by atomic mass is 9.91. The number of imidazole rings is 1. The smallest absolute Gasteiger partial charge is 0.353 e. The lowest BCUT2D eigenvalue weighted by Gasteiger charge is -2.23. The van der Waals surface area contributed by atoms with Gasteiger partial charge in [-0.3, -0.25) is 14.6 Å². The van der Waals surface area contributed by atoms with Crippen molar-refractivity contribution in [1.82, 2.24) is 25.0 Å². The van der Waals surface area contributed by atoms with E-state index in [0.717, 1.165) is 33.4 Å². The number of carbonyl (C=O) groups is 3. The van der Waals surface area contributed by atoms with Gasteiger partial charge >= 0.3 is 5.97 Å². The lowest BCUT2D eigenvalue weighted by Crippen LogP contribution is -2.30. The first-order valence-corrected chi connectivity index (χ1v) is 9.66. The van der Waals surface area contributed by atoms with E-state index in [2.05, 4.69) is 25.6 Å². The van der Waals surface area contributed by atoms with Crippen molar-refractivity contribution in [2.75, 3.05) is 6.54 Å². The largest absolute Gasteiger partial charge is 0.493 e. The van der Waals surface area contributed by atoms with Crippen LogP contribution in [0.4, 0.5) is 0 Å². The van der Waals surface area contributed by atoms with Gasteiger partial charge in [0.2, 0.25) is 17.6 Å². The van der Waals surface area contributed by atoms with E-state index in [-0.39, 0.29) is 35.5 Å². The van der Waals surface area contributed by atoms with Crippen LogP contribution in [-0.2, 0) is 11.2 Å². The number of aromatic hydroxyl groups is 1. The molecule has 3 aromatic rings. The number of aliphatic imine (C=N–C) groups is 1. The number of hydrogen-bond acceptors (Lipinski definition) is 7. The number of amides is 2. The molecular formula is C21H16N6O5. The summed E-state index contributed by atoms with van der Waals surface area (Å²) in [6.45, 7) is 0.106. The van der Waals surface area contributed by atoms with Gasteiger partial charge in [0.25, 0.3) is 5.91 Å². The SMILES string of the molecule is O=C1CN=C(c2ccc3c(c2)CC=CC3NC(=O)c2cc(C(=O)O)n3c(O)cnc3n2)N1. The van der Waals surface area contributed by atoms with Crippen molar-refractivity contribution in [2.45, 2.75) is 12.5 Å². The normalized spacial score (nSPS) is 17.1. The fourth-order valence-electron chi connectivity index (χ4n) is 3.79. The highest BCUT2D eigenvalue weighted by atomic mass is 16.4. The summed E-state index contributed by atoms with van der Waals surface area (Å²) in [6, 6.07) is 6.23. The first kappa shape index (κ1) is 19.4. The minimum atomic E-state index is -1.34. The van der Waals surface area contributed by atoms with Gasteiger partial charge in [0, 0.05) is 11.6 Å². The van der Waals surface area contributed by atoms with Crippen LogP contribution in [0.3, 0.4) is 0 Å². The molecule has 5 rings (SSSR count). The second kappa shape index (κ2) is 7.30. The molecule has 11 heteroatoms. The summed E-state index contributed by atoms with van der Waals surface area (Å²) in [4.78, 5) is 48.0. The molecule has 0 bridgehead atoms. The van der Waals surface area contributed by atoms with Gasteiger partial charge in [-0.2, -0.15) is 0 Å². The number of carbonyl (C=O) groups excluding carboxylic acids is 2. The van der Waals surface area contributed by atoms with Crippen molar-refractivity contribution in [3.8, 4) is 5.88 Å². The number of fused-ring (bicyclic) bond motifs is 2. The van der Waals surface area contributed by atoms with Crippen LogP contribution in [0.25, 0.3) is 5.78 Å². The van der Waals surface area contributed by atoms with Crippen LogP contribution in [-0.4, -0.2) is 54.7 Å². The fraction of sp³-hybridized carbons (Fsp3) is 0.143. The van der Waals surface area contributed by atoms with Gasteiger partial charge in [-0.05, 0) is 23.6 Å². The van der Waals surface area contributed by atoms with Crippen LogP contribution in [0.15, 0.2) is 47.6 Å². The van der Waals surface area contributed by atoms with Crippen LogP contribution in [0, 0.1) is 0 Å². The maximum absolute atomic E-state index is 12.9. The quantitative estimate of drug-likeness (QED) is 0.439. The molecule has 0 saturated heterocycles. The summed E-state index contributed by atoms with van der Waals surface area (Å²) in [7, 11) is 0. The molecule has 0 fully saturated rings. The zero-order valence-corrected chi connectivity index (χ0v) is 16.4. The van der Waals surface area contributed by atoms with Crippen LogP contribution >= 0.6 is 0 Å². The van der Waals surface area contributed by atoms with Gasteiger partial charge in [0.1, 0.15) is 23.8 Å². The Labute approximate surface area is 180 Å². The molecule has 2 aromatic heterocycles. The Balaban J connectivity index is 1.43. The number of benzene rings is 1. The Kier molecular flexibility index (Phi) is 4.43. The van der Waals surface area contributed by atoms with Crippen LogP contribution in [0.2, 0.25) is 0 Å². The number of amidine groups is 1. The van der Waals surface area contributed by atoms with E-state index in [4.69, 9.17) is 0 Å². The molecule has 4 N–H and O–H groups in total. The van der Waals surface area contributed by atoms with Gasteiger partial charge < -0.3 is 20.8 Å². The summed E-state index contributed by atoms with van der Waals surface area (Å²) in [6.07, 6.45) is 5.47. The summed E-state index contributed by atoms with van der Waals surface area (Å²) in [5, 5.41) is 24.8.